The van der Waals surface area contributed by atoms with Crippen LogP contribution in [0, 0.1) is 0 Å². The number of hydrogen-bond donors (Lipinski definition) is 8. The summed E-state index contributed by atoms with van der Waals surface area (Å²) in [7, 11) is -10.0. The molecule has 0 atom stereocenters. The summed E-state index contributed by atoms with van der Waals surface area (Å²) in [6, 6.07) is 17.1. The molecule has 0 heterocycles. The molecule has 4 aromatic rings. The molecule has 0 saturated heterocycles. The zero-order valence-corrected chi connectivity index (χ0v) is 29.5. The Morgan fingerprint density at radius 1 is 0.518 bits per heavy atom. The molecular weight excluding hydrogens is 777 g/mol. The van der Waals surface area contributed by atoms with E-state index in [1.807, 2.05) is 0 Å². The average molecular weight is 801 g/mol. The van der Waals surface area contributed by atoms with Crippen molar-refractivity contribution in [2.45, 2.75) is 0 Å². The van der Waals surface area contributed by atoms with E-state index in [1.165, 1.54) is 84.9 Å². The topological polar surface area (TPSA) is 307 Å². The predicted octanol–water partition coefficient (Wildman–Crippen LogP) is 4.51. The lowest BCUT2D eigenvalue weighted by Gasteiger charge is -2.18. The van der Waals surface area contributed by atoms with Gasteiger partial charge in [0.2, 0.25) is 11.6 Å². The van der Waals surface area contributed by atoms with Gasteiger partial charge >= 0.3 is 18.0 Å². The number of carbonyl (C=O) groups is 5. The highest BCUT2D eigenvalue weighted by atomic mass is 32.2. The van der Waals surface area contributed by atoms with Crippen LogP contribution in [0.1, 0.15) is 52.6 Å². The minimum Gasteiger partial charge on any atom is -0.478 e. The van der Waals surface area contributed by atoms with Crippen LogP contribution in [0.25, 0.3) is 12.2 Å². The number of amides is 2. The second-order valence-electron chi connectivity index (χ2n) is 11.7. The van der Waals surface area contributed by atoms with E-state index in [1.54, 1.807) is 0 Å². The summed E-state index contributed by atoms with van der Waals surface area (Å²) in [4.78, 5) is 60.1. The highest BCUT2D eigenvalue weighted by Gasteiger charge is 2.34. The lowest BCUT2D eigenvalue weighted by molar-refractivity contribution is 0.0686. The molecule has 8 N–H and O–H groups in total. The second-order valence-corrected chi connectivity index (χ2v) is 14.5. The number of hydrogen-bond acceptors (Lipinski definition) is 13. The molecule has 19 nitrogen and oxygen atoms in total. The Bertz CT molecular complexity index is 2550. The smallest absolute Gasteiger partial charge is 0.335 e. The van der Waals surface area contributed by atoms with Crippen molar-refractivity contribution in [1.29, 1.82) is 0 Å². The zero-order chi connectivity index (χ0) is 40.5. The van der Waals surface area contributed by atoms with E-state index in [-0.39, 0.29) is 56.1 Å². The summed E-state index contributed by atoms with van der Waals surface area (Å²) in [6.45, 7) is 0. The Kier molecular flexibility index (Phi) is 10.2. The second kappa shape index (κ2) is 14.8. The Balaban J connectivity index is 1.20. The lowest BCUT2D eigenvalue weighted by Crippen LogP contribution is -2.27. The van der Waals surface area contributed by atoms with E-state index in [0.717, 1.165) is 12.2 Å². The van der Waals surface area contributed by atoms with Gasteiger partial charge in [-0.25, -0.2) is 14.4 Å². The fourth-order valence-corrected chi connectivity index (χ4v) is 6.66. The average Bonchev–Trinajstić information content (AvgIpc) is 3.13. The largest absolute Gasteiger partial charge is 0.478 e. The van der Waals surface area contributed by atoms with Gasteiger partial charge in [0.1, 0.15) is 9.81 Å². The van der Waals surface area contributed by atoms with Crippen LogP contribution in [-0.2, 0) is 20.2 Å². The fraction of sp³-hybridized carbons (Fsp3) is 0. The third-order valence-corrected chi connectivity index (χ3v) is 9.73. The molecule has 0 aromatic heterocycles. The number of nitrogens with zero attached hydrogens (tertiary/aromatic N) is 2. The molecule has 21 heteroatoms. The van der Waals surface area contributed by atoms with E-state index >= 15 is 0 Å². The number of allylic oxidation sites excluding steroid dienone is 2. The van der Waals surface area contributed by atoms with Gasteiger partial charge < -0.3 is 20.8 Å². The van der Waals surface area contributed by atoms with Crippen LogP contribution in [0.4, 0.5) is 27.5 Å². The maximum absolute atomic E-state index is 13.3. The first-order valence-corrected chi connectivity index (χ1v) is 18.5. The molecule has 2 aliphatic rings. The van der Waals surface area contributed by atoms with E-state index in [0.29, 0.717) is 0 Å². The molecule has 284 valence electrons. The Morgan fingerprint density at radius 3 is 1.18 bits per heavy atom. The van der Waals surface area contributed by atoms with Gasteiger partial charge in [-0.1, -0.05) is 0 Å². The molecule has 6 rings (SSSR count). The standard InChI is InChI=1S/C35H24N6O13S2/c42-31-25-11-9-23(13-19(25)15-27(55(49,50)51)29(31)40-38-21-5-1-17(2-6-21)33(44)45)36-35(48)37-24-10-12-26-20(14-24)16-28(56(52,53)54)30(32(26)43)41-39-22-7-3-18(4-8-22)34(46)47/h1-16,38-39H,(H,44,45)(H,46,47)(H2,36,37,48)(H,49,50,51)(H,52,53,54)/b40-29-,41-30+. The number of rotatable bonds is 10. The van der Waals surface area contributed by atoms with Gasteiger partial charge in [-0.2, -0.15) is 27.0 Å². The van der Waals surface area contributed by atoms with E-state index in [9.17, 15) is 49.9 Å². The number of aromatic carboxylic acids is 2. The molecule has 0 bridgehead atoms. The van der Waals surface area contributed by atoms with E-state index in [4.69, 9.17) is 10.2 Å². The number of urea groups is 1. The number of hydrazone groups is 2. The van der Waals surface area contributed by atoms with Crippen molar-refractivity contribution in [2.75, 3.05) is 21.5 Å². The van der Waals surface area contributed by atoms with Crippen molar-refractivity contribution in [3.05, 3.63) is 128 Å². The number of ketones is 2. The number of fused-ring (bicyclic) bond motifs is 2. The van der Waals surface area contributed by atoms with Gasteiger partial charge in [-0.3, -0.25) is 29.5 Å². The van der Waals surface area contributed by atoms with Gasteiger partial charge in [-0.15, -0.1) is 0 Å². The minimum absolute atomic E-state index is 0.00964. The zero-order valence-electron chi connectivity index (χ0n) is 27.9. The summed E-state index contributed by atoms with van der Waals surface area (Å²) in [5.41, 5.74) is 3.94. The van der Waals surface area contributed by atoms with Crippen molar-refractivity contribution in [2.24, 2.45) is 10.2 Å². The van der Waals surface area contributed by atoms with Crippen LogP contribution in [0.3, 0.4) is 0 Å². The van der Waals surface area contributed by atoms with Crippen LogP contribution in [0.15, 0.2) is 105 Å². The molecule has 0 spiro atoms. The molecule has 2 amide bonds. The summed E-state index contributed by atoms with van der Waals surface area (Å²) in [5, 5.41) is 30.8. The van der Waals surface area contributed by atoms with Crippen molar-refractivity contribution in [3.8, 4) is 0 Å². The van der Waals surface area contributed by atoms with Crippen molar-refractivity contribution in [1.82, 2.24) is 0 Å². The molecule has 0 saturated carbocycles. The number of carboxylic acids is 2. The third-order valence-electron chi connectivity index (χ3n) is 7.99. The number of benzene rings is 4. The molecule has 0 fully saturated rings. The number of anilines is 4. The molecule has 4 aromatic carbocycles. The van der Waals surface area contributed by atoms with E-state index in [2.05, 4.69) is 31.7 Å². The van der Waals surface area contributed by atoms with Gasteiger partial charge in [-0.05, 0) is 108 Å². The molecule has 2 aliphatic carbocycles. The number of nitrogens with one attached hydrogen (secondary N) is 4. The molecule has 56 heavy (non-hydrogen) atoms. The Hall–Kier alpha value is -7.33. The maximum Gasteiger partial charge on any atom is 0.335 e. The molecule has 0 aliphatic heterocycles. The first-order valence-electron chi connectivity index (χ1n) is 15.6. The highest BCUT2D eigenvalue weighted by molar-refractivity contribution is 7.91. The van der Waals surface area contributed by atoms with Crippen LogP contribution in [0.2, 0.25) is 0 Å². The Labute approximate surface area is 315 Å². The predicted molar refractivity (Wildman–Crippen MR) is 202 cm³/mol. The first kappa shape index (κ1) is 38.4. The van der Waals surface area contributed by atoms with Gasteiger partial charge in [0, 0.05) is 22.5 Å². The summed E-state index contributed by atoms with van der Waals surface area (Å²) < 4.78 is 68.9. The van der Waals surface area contributed by atoms with Gasteiger partial charge in [0.25, 0.3) is 20.2 Å². The third kappa shape index (κ3) is 8.24. The van der Waals surface area contributed by atoms with Crippen LogP contribution < -0.4 is 21.5 Å². The summed E-state index contributed by atoms with van der Waals surface area (Å²) in [6.07, 6.45) is 1.93. The molecule has 0 unspecified atom stereocenters. The van der Waals surface area contributed by atoms with Gasteiger partial charge in [0.05, 0.1) is 22.5 Å². The van der Waals surface area contributed by atoms with E-state index < -0.39 is 71.0 Å². The monoisotopic (exact) mass is 800 g/mol. The normalized spacial score (nSPS) is 15.2. The van der Waals surface area contributed by atoms with Crippen LogP contribution in [0.5, 0.6) is 0 Å². The number of carbonyl (C=O) groups excluding carboxylic acids is 3. The van der Waals surface area contributed by atoms with Gasteiger partial charge in [0.15, 0.2) is 11.4 Å². The summed E-state index contributed by atoms with van der Waals surface area (Å²) in [5.74, 6) is -4.17. The van der Waals surface area contributed by atoms with Crippen LogP contribution in [-0.4, -0.2) is 77.1 Å². The van der Waals surface area contributed by atoms with Crippen molar-refractivity contribution >= 4 is 96.1 Å². The quantitative estimate of drug-likeness (QED) is 0.0808. The van der Waals surface area contributed by atoms with Crippen molar-refractivity contribution in [3.63, 3.8) is 0 Å². The molecule has 0 radical (unpaired) electrons. The number of carboxylic acid groups (broad SMARTS) is 2. The fourth-order valence-electron chi connectivity index (χ4n) is 5.35. The summed E-state index contributed by atoms with van der Waals surface area (Å²) >= 11 is 0. The first-order chi connectivity index (χ1) is 26.4. The SMILES string of the molecule is O=C(Nc1ccc2c(c1)C=C(S(=O)(=O)O)/C(=N\Nc1ccc(C(=O)O)cc1)C2=O)Nc1ccc2c(c1)C=C(S(=O)(=O)O)/C(=N/Nc1ccc(C(=O)O)cc1)C2=O. The van der Waals surface area contributed by atoms with Crippen molar-refractivity contribution < 1.29 is 60.1 Å². The lowest BCUT2D eigenvalue weighted by atomic mass is 9.94. The van der Waals surface area contributed by atoms with Crippen LogP contribution >= 0.6 is 0 Å². The highest BCUT2D eigenvalue weighted by Crippen LogP contribution is 2.30. The molecular formula is C35H24N6O13S2. The number of Topliss-reactive ketones (excluding diaryl/α,β-unsaturated/α-hetero) is 2. The minimum atomic E-state index is -5.02. The maximum atomic E-state index is 13.3. The Morgan fingerprint density at radius 2 is 0.857 bits per heavy atom.